The van der Waals surface area contributed by atoms with Gasteiger partial charge >= 0.3 is 0 Å². The number of hydrogen-bond acceptors (Lipinski definition) is 6. The van der Waals surface area contributed by atoms with E-state index in [-0.39, 0.29) is 11.7 Å². The molecule has 7 nitrogen and oxygen atoms in total. The Morgan fingerprint density at radius 2 is 2.17 bits per heavy atom. The van der Waals surface area contributed by atoms with Crippen LogP contribution in [-0.4, -0.2) is 20.7 Å². The molecule has 1 aromatic carbocycles. The maximum atomic E-state index is 12.2. The molecule has 3 rings (SSSR count). The van der Waals surface area contributed by atoms with Gasteiger partial charge in [0.15, 0.2) is 0 Å². The van der Waals surface area contributed by atoms with E-state index in [1.165, 1.54) is 10.9 Å². The zero-order valence-electron chi connectivity index (χ0n) is 12.9. The van der Waals surface area contributed by atoms with Crippen molar-refractivity contribution in [3.63, 3.8) is 0 Å². The summed E-state index contributed by atoms with van der Waals surface area (Å²) in [4.78, 5) is 16.5. The Labute approximate surface area is 142 Å². The lowest BCUT2D eigenvalue weighted by Gasteiger charge is -2.06. The highest BCUT2D eigenvalue weighted by molar-refractivity contribution is 7.09. The highest BCUT2D eigenvalue weighted by Gasteiger charge is 2.10. The van der Waals surface area contributed by atoms with Gasteiger partial charge in [-0.05, 0) is 31.2 Å². The molecular formula is C16H14N6OS. The molecule has 0 unspecified atom stereocenters. The first-order valence-electron chi connectivity index (χ1n) is 7.11. The van der Waals surface area contributed by atoms with Crippen LogP contribution in [0.25, 0.3) is 5.69 Å². The fraction of sp³-hybridized carbons (Fsp3) is 0.125. The number of nitriles is 1. The lowest BCUT2D eigenvalue weighted by Crippen LogP contribution is -2.22. The van der Waals surface area contributed by atoms with Gasteiger partial charge in [0.2, 0.25) is 0 Å². The van der Waals surface area contributed by atoms with Crippen LogP contribution in [0, 0.1) is 18.3 Å². The number of aryl methyl sites for hydroxylation is 1. The number of benzene rings is 1. The Morgan fingerprint density at radius 1 is 1.42 bits per heavy atom. The summed E-state index contributed by atoms with van der Waals surface area (Å²) in [6.07, 6.45) is 1.41. The largest absolute Gasteiger partial charge is 0.382 e. The summed E-state index contributed by atoms with van der Waals surface area (Å²) in [6.45, 7) is 2.32. The summed E-state index contributed by atoms with van der Waals surface area (Å²) < 4.78 is 1.46. The van der Waals surface area contributed by atoms with E-state index in [4.69, 9.17) is 11.0 Å². The minimum atomic E-state index is -0.182. The van der Waals surface area contributed by atoms with Crippen LogP contribution in [0.3, 0.4) is 0 Å². The summed E-state index contributed by atoms with van der Waals surface area (Å²) in [6, 6.07) is 8.80. The predicted octanol–water partition coefficient (Wildman–Crippen LogP) is 2.02. The molecule has 0 bridgehead atoms. The zero-order chi connectivity index (χ0) is 17.1. The highest BCUT2D eigenvalue weighted by Crippen LogP contribution is 2.17. The monoisotopic (exact) mass is 338 g/mol. The molecule has 24 heavy (non-hydrogen) atoms. The number of nitrogens with two attached hydrogens (primary N) is 1. The van der Waals surface area contributed by atoms with Crippen LogP contribution in [0.15, 0.2) is 35.8 Å². The van der Waals surface area contributed by atoms with Crippen molar-refractivity contribution < 1.29 is 4.79 Å². The van der Waals surface area contributed by atoms with Crippen molar-refractivity contribution in [3.8, 4) is 11.8 Å². The van der Waals surface area contributed by atoms with Gasteiger partial charge in [0.05, 0.1) is 29.1 Å². The van der Waals surface area contributed by atoms with Crippen molar-refractivity contribution >= 4 is 23.1 Å². The third-order valence-corrected chi connectivity index (χ3v) is 4.22. The fourth-order valence-electron chi connectivity index (χ4n) is 2.17. The molecule has 2 aromatic heterocycles. The molecule has 120 valence electrons. The maximum absolute atomic E-state index is 12.2. The first-order valence-corrected chi connectivity index (χ1v) is 7.99. The quantitative estimate of drug-likeness (QED) is 0.756. The van der Waals surface area contributed by atoms with E-state index in [2.05, 4.69) is 15.4 Å². The number of anilines is 1. The summed E-state index contributed by atoms with van der Waals surface area (Å²) in [5.74, 6) is 0.0898. The third-order valence-electron chi connectivity index (χ3n) is 3.40. The smallest absolute Gasteiger partial charge is 0.251 e. The molecule has 0 aliphatic carbocycles. The average Bonchev–Trinajstić information content (AvgIpc) is 3.18. The molecule has 0 aliphatic heterocycles. The van der Waals surface area contributed by atoms with Gasteiger partial charge in [-0.2, -0.15) is 10.4 Å². The number of nitrogens with zero attached hydrogens (tertiary/aromatic N) is 4. The van der Waals surface area contributed by atoms with Crippen LogP contribution in [0.4, 0.5) is 5.82 Å². The van der Waals surface area contributed by atoms with E-state index in [0.29, 0.717) is 23.4 Å². The number of aromatic nitrogens is 3. The highest BCUT2D eigenvalue weighted by atomic mass is 32.1. The Hall–Kier alpha value is -3.18. The Bertz CT molecular complexity index is 919. The minimum Gasteiger partial charge on any atom is -0.382 e. The van der Waals surface area contributed by atoms with Crippen molar-refractivity contribution in [2.75, 3.05) is 5.73 Å². The lowest BCUT2D eigenvalue weighted by atomic mass is 10.2. The Kier molecular flexibility index (Phi) is 4.26. The molecule has 0 fully saturated rings. The first kappa shape index (κ1) is 15.7. The zero-order valence-corrected chi connectivity index (χ0v) is 13.7. The van der Waals surface area contributed by atoms with Crippen LogP contribution in [0.2, 0.25) is 0 Å². The molecule has 3 N–H and O–H groups in total. The summed E-state index contributed by atoms with van der Waals surface area (Å²) >= 11 is 1.55. The van der Waals surface area contributed by atoms with Gasteiger partial charge in [-0.25, -0.2) is 9.67 Å². The lowest BCUT2D eigenvalue weighted by molar-refractivity contribution is 0.0950. The van der Waals surface area contributed by atoms with Crippen LogP contribution in [-0.2, 0) is 6.54 Å². The number of thiazole rings is 1. The number of carbonyl (C=O) groups is 1. The molecule has 0 spiro atoms. The topological polar surface area (TPSA) is 110 Å². The number of carbonyl (C=O) groups excluding carboxylic acids is 1. The van der Waals surface area contributed by atoms with E-state index in [0.717, 1.165) is 10.7 Å². The van der Waals surface area contributed by atoms with Gasteiger partial charge in [0.25, 0.3) is 5.91 Å². The van der Waals surface area contributed by atoms with Crippen LogP contribution in [0.5, 0.6) is 0 Å². The number of rotatable bonds is 4. The molecule has 2 heterocycles. The van der Waals surface area contributed by atoms with Gasteiger partial charge in [-0.15, -0.1) is 11.3 Å². The summed E-state index contributed by atoms with van der Waals surface area (Å²) in [5, 5.41) is 18.7. The second-order valence-electron chi connectivity index (χ2n) is 5.05. The molecule has 0 aliphatic rings. The summed E-state index contributed by atoms with van der Waals surface area (Å²) in [7, 11) is 0. The first-order chi connectivity index (χ1) is 11.6. The molecule has 0 saturated heterocycles. The third kappa shape index (κ3) is 3.11. The van der Waals surface area contributed by atoms with Crippen molar-refractivity contribution in [2.45, 2.75) is 13.5 Å². The van der Waals surface area contributed by atoms with Crippen molar-refractivity contribution in [2.24, 2.45) is 0 Å². The SMILES string of the molecule is Cc1nc(CNC(=O)c2ccc(-n3ncc(C#N)c3N)cc2)cs1. The van der Waals surface area contributed by atoms with Gasteiger partial charge in [-0.3, -0.25) is 4.79 Å². The minimum absolute atomic E-state index is 0.182. The second-order valence-corrected chi connectivity index (χ2v) is 6.12. The molecule has 3 aromatic rings. The number of hydrogen-bond donors (Lipinski definition) is 2. The number of amides is 1. The molecule has 0 saturated carbocycles. The molecule has 0 atom stereocenters. The standard InChI is InChI=1S/C16H14N6OS/c1-10-21-13(9-24-10)8-19-16(23)11-2-4-14(5-3-11)22-15(18)12(6-17)7-20-22/h2-5,7,9H,8,18H2,1H3,(H,19,23). The normalized spacial score (nSPS) is 10.3. The predicted molar refractivity (Wildman–Crippen MR) is 90.7 cm³/mol. The van der Waals surface area contributed by atoms with Gasteiger partial charge in [0, 0.05) is 10.9 Å². The summed E-state index contributed by atoms with van der Waals surface area (Å²) in [5.41, 5.74) is 8.22. The van der Waals surface area contributed by atoms with E-state index in [1.807, 2.05) is 18.4 Å². The van der Waals surface area contributed by atoms with E-state index >= 15 is 0 Å². The van der Waals surface area contributed by atoms with Crippen LogP contribution >= 0.6 is 11.3 Å². The average molecular weight is 338 g/mol. The van der Waals surface area contributed by atoms with Crippen molar-refractivity contribution in [1.29, 1.82) is 5.26 Å². The Balaban J connectivity index is 1.70. The fourth-order valence-corrected chi connectivity index (χ4v) is 2.78. The number of nitrogens with one attached hydrogen (secondary N) is 1. The van der Waals surface area contributed by atoms with Gasteiger partial charge in [-0.1, -0.05) is 0 Å². The van der Waals surface area contributed by atoms with Crippen molar-refractivity contribution in [3.05, 3.63) is 57.7 Å². The van der Waals surface area contributed by atoms with Crippen molar-refractivity contribution in [1.82, 2.24) is 20.1 Å². The molecule has 0 radical (unpaired) electrons. The second kappa shape index (κ2) is 6.52. The molecule has 1 amide bonds. The van der Waals surface area contributed by atoms with Gasteiger partial charge in [0.1, 0.15) is 17.5 Å². The Morgan fingerprint density at radius 3 is 2.75 bits per heavy atom. The molecule has 8 heteroatoms. The van der Waals surface area contributed by atoms with E-state index in [9.17, 15) is 4.79 Å². The van der Waals surface area contributed by atoms with E-state index < -0.39 is 0 Å². The van der Waals surface area contributed by atoms with Crippen LogP contribution in [0.1, 0.15) is 26.6 Å². The maximum Gasteiger partial charge on any atom is 0.251 e. The van der Waals surface area contributed by atoms with Gasteiger partial charge < -0.3 is 11.1 Å². The number of nitrogen functional groups attached to an aromatic ring is 1. The molecular weight excluding hydrogens is 324 g/mol. The van der Waals surface area contributed by atoms with E-state index in [1.54, 1.807) is 35.6 Å². The van der Waals surface area contributed by atoms with Crippen LogP contribution < -0.4 is 11.1 Å².